The van der Waals surface area contributed by atoms with E-state index >= 15 is 39.3 Å². The molecule has 9 rings (SSSR count). The predicted molar refractivity (Wildman–Crippen MR) is 220 cm³/mol. The lowest BCUT2D eigenvalue weighted by molar-refractivity contribution is 0.381. The molecule has 0 aliphatic carbocycles. The molecule has 1 aliphatic heterocycles. The van der Waals surface area contributed by atoms with Crippen molar-refractivity contribution in [3.05, 3.63) is 184 Å². The average molecular weight is 1090 g/mol. The van der Waals surface area contributed by atoms with Crippen molar-refractivity contribution in [2.24, 2.45) is 0 Å². The molecule has 4 aromatic carbocycles. The number of hydrogen-bond donors (Lipinski definition) is 0. The molecule has 26 heteroatoms. The van der Waals surface area contributed by atoms with Gasteiger partial charge in [0.1, 0.15) is 0 Å². The number of thiophene rings is 4. The van der Waals surface area contributed by atoms with Gasteiger partial charge in [-0.05, 0) is 48.5 Å². The molecule has 70 heavy (non-hydrogen) atoms. The molecule has 0 spiro atoms. The van der Waals surface area contributed by atoms with Crippen LogP contribution in [0, 0.1) is 116 Å². The molecule has 4 aromatic heterocycles. The molecule has 0 bridgehead atoms. The molecule has 0 fully saturated rings. The highest BCUT2D eigenvalue weighted by Gasteiger charge is 2.40. The summed E-state index contributed by atoms with van der Waals surface area (Å²) in [6.45, 7) is 0. The molecular formula is C44H8F20OS5. The second-order valence-electron chi connectivity index (χ2n) is 14.1. The van der Waals surface area contributed by atoms with E-state index in [2.05, 4.69) is 0 Å². The monoisotopic (exact) mass is 1090 g/mol. The van der Waals surface area contributed by atoms with Crippen molar-refractivity contribution in [1.82, 2.24) is 0 Å². The van der Waals surface area contributed by atoms with Crippen LogP contribution < -0.4 is 0 Å². The molecule has 0 N–H and O–H groups in total. The van der Waals surface area contributed by atoms with Crippen LogP contribution in [-0.2, 0) is 10.8 Å². The zero-order chi connectivity index (χ0) is 50.8. The lowest BCUT2D eigenvalue weighted by Crippen LogP contribution is -2.03. The van der Waals surface area contributed by atoms with Gasteiger partial charge in [-0.2, -0.15) is 0 Å². The Kier molecular flexibility index (Phi) is 12.3. The number of benzene rings is 4. The summed E-state index contributed by atoms with van der Waals surface area (Å²) in [6.07, 6.45) is 0. The molecule has 1 nitrogen and oxygen atoms in total. The molecule has 0 saturated carbocycles. The van der Waals surface area contributed by atoms with E-state index in [-0.39, 0.29) is 45.3 Å². The van der Waals surface area contributed by atoms with E-state index in [1.165, 1.54) is 0 Å². The summed E-state index contributed by atoms with van der Waals surface area (Å²) in [5.74, 6) is -48.3. The number of halogens is 20. The van der Waals surface area contributed by atoms with Gasteiger partial charge in [0.25, 0.3) is 0 Å². The normalized spacial score (nSPS) is 13.3. The highest BCUT2D eigenvalue weighted by molar-refractivity contribution is 8.05. The lowest BCUT2D eigenvalue weighted by atomic mass is 10.0. The van der Waals surface area contributed by atoms with E-state index in [1.54, 1.807) is 0 Å². The van der Waals surface area contributed by atoms with Crippen molar-refractivity contribution in [3.8, 4) is 41.8 Å². The minimum absolute atomic E-state index is 0.167. The molecule has 0 atom stereocenters. The van der Waals surface area contributed by atoms with Crippen molar-refractivity contribution in [2.45, 2.75) is 0 Å². The van der Waals surface area contributed by atoms with Gasteiger partial charge in [-0.3, -0.25) is 0 Å². The number of hydrogen-bond acceptors (Lipinski definition) is 5. The predicted octanol–water partition coefficient (Wildman–Crippen LogP) is 16.6. The van der Waals surface area contributed by atoms with Crippen molar-refractivity contribution >= 4 is 77.1 Å². The standard InChI is InChI=1S/C44H8F20OS5/c45-23-19(24(46)32(54)39(61)31(23)53)11-3-1-9(66-11)17-18(10-2-4-12(67-10)20-25(47)33(55)40(62)34(56)26(20)48)44(16-8-6-14(69-16)22-29(51)37(59)42(64)38(60)30(22)52)70(65)43(17)15-7-5-13(68-15)21-27(49)35(57)41(63)36(58)28(21)50/h1-8H. The van der Waals surface area contributed by atoms with Crippen molar-refractivity contribution in [2.75, 3.05) is 0 Å². The minimum atomic E-state index is -2.94. The third-order valence-corrected chi connectivity index (χ3v) is 16.6. The fourth-order valence-electron chi connectivity index (χ4n) is 7.10. The Labute approximate surface area is 393 Å². The summed E-state index contributed by atoms with van der Waals surface area (Å²) in [4.78, 5) is -6.00. The molecule has 0 saturated heterocycles. The Bertz CT molecular complexity index is 3350. The van der Waals surface area contributed by atoms with Gasteiger partial charge in [-0.15, -0.1) is 45.3 Å². The Morgan fingerprint density at radius 3 is 0.600 bits per heavy atom. The van der Waals surface area contributed by atoms with Gasteiger partial charge in [0.05, 0.1) is 42.9 Å². The van der Waals surface area contributed by atoms with Crippen LogP contribution in [0.3, 0.4) is 0 Å². The van der Waals surface area contributed by atoms with E-state index in [0.29, 0.717) is 0 Å². The highest BCUT2D eigenvalue weighted by Crippen LogP contribution is 2.58. The molecule has 8 aromatic rings. The first-order valence-corrected chi connectivity index (χ1v) is 22.8. The van der Waals surface area contributed by atoms with Crippen molar-refractivity contribution in [1.29, 1.82) is 0 Å². The Morgan fingerprint density at radius 2 is 0.386 bits per heavy atom. The smallest absolute Gasteiger partial charge is 0.200 e. The second kappa shape index (κ2) is 17.6. The topological polar surface area (TPSA) is 17.1 Å². The first kappa shape index (κ1) is 48.9. The first-order valence-electron chi connectivity index (χ1n) is 18.4. The number of allylic oxidation sites excluding steroid dienone is 2. The zero-order valence-electron chi connectivity index (χ0n) is 32.6. The van der Waals surface area contributed by atoms with Crippen LogP contribution in [0.5, 0.6) is 0 Å². The van der Waals surface area contributed by atoms with E-state index < -0.39 is 209 Å². The van der Waals surface area contributed by atoms with Crippen LogP contribution >= 0.6 is 45.3 Å². The van der Waals surface area contributed by atoms with Crippen molar-refractivity contribution < 1.29 is 92.0 Å². The molecule has 5 heterocycles. The van der Waals surface area contributed by atoms with Gasteiger partial charge in [0.15, 0.2) is 93.1 Å². The highest BCUT2D eigenvalue weighted by atomic mass is 32.2. The first-order chi connectivity index (χ1) is 33.0. The van der Waals surface area contributed by atoms with Gasteiger partial charge in [-0.1, -0.05) is 0 Å². The number of rotatable bonds is 8. The van der Waals surface area contributed by atoms with Crippen molar-refractivity contribution in [3.63, 3.8) is 0 Å². The summed E-state index contributed by atoms with van der Waals surface area (Å²) in [7, 11) is -2.94. The molecule has 0 radical (unpaired) electrons. The van der Waals surface area contributed by atoms with Gasteiger partial charge in [-0.25, -0.2) is 92.0 Å². The fraction of sp³-hybridized carbons (Fsp3) is 0. The maximum Gasteiger partial charge on any atom is 0.200 e. The van der Waals surface area contributed by atoms with E-state index in [1.807, 2.05) is 0 Å². The van der Waals surface area contributed by atoms with Gasteiger partial charge >= 0.3 is 0 Å². The molecule has 360 valence electrons. The van der Waals surface area contributed by atoms with E-state index in [4.69, 9.17) is 0 Å². The summed E-state index contributed by atoms with van der Waals surface area (Å²) < 4.78 is 309. The maximum absolute atomic E-state index is 15.2. The largest absolute Gasteiger partial charge is 0.249 e. The maximum atomic E-state index is 15.2. The van der Waals surface area contributed by atoms with Crippen LogP contribution in [0.15, 0.2) is 48.5 Å². The van der Waals surface area contributed by atoms with Crippen LogP contribution in [0.2, 0.25) is 0 Å². The third-order valence-electron chi connectivity index (χ3n) is 10.3. The molecule has 1 aliphatic rings. The lowest BCUT2D eigenvalue weighted by Gasteiger charge is -2.10. The third kappa shape index (κ3) is 7.26. The van der Waals surface area contributed by atoms with Gasteiger partial charge in [0, 0.05) is 50.2 Å². The van der Waals surface area contributed by atoms with Gasteiger partial charge in [0.2, 0.25) is 23.3 Å². The average Bonchev–Trinajstić information content (AvgIpc) is 4.21. The minimum Gasteiger partial charge on any atom is -0.249 e. The summed E-state index contributed by atoms with van der Waals surface area (Å²) >= 11 is 0.693. The van der Waals surface area contributed by atoms with Crippen LogP contribution in [0.25, 0.3) is 62.7 Å². The second-order valence-corrected chi connectivity index (χ2v) is 19.8. The fourth-order valence-corrected chi connectivity index (χ4v) is 13.6. The van der Waals surface area contributed by atoms with E-state index in [9.17, 15) is 52.7 Å². The Morgan fingerprint density at radius 1 is 0.229 bits per heavy atom. The van der Waals surface area contributed by atoms with Gasteiger partial charge < -0.3 is 0 Å². The summed E-state index contributed by atoms with van der Waals surface area (Å²) in [5.41, 5.74) is -7.13. The Hall–Kier alpha value is -6.09. The van der Waals surface area contributed by atoms with E-state index in [0.717, 1.165) is 48.5 Å². The molecular weight excluding hydrogens is 1080 g/mol. The van der Waals surface area contributed by atoms with Crippen LogP contribution in [0.4, 0.5) is 87.8 Å². The summed E-state index contributed by atoms with van der Waals surface area (Å²) in [5, 5.41) is 0. The zero-order valence-corrected chi connectivity index (χ0v) is 36.7. The molecule has 0 unspecified atom stereocenters. The van der Waals surface area contributed by atoms with Crippen LogP contribution in [-0.4, -0.2) is 4.21 Å². The SMILES string of the molecule is O=S1C(c2ccc(-c3c(F)c(F)c(F)c(F)c3F)s2)=C(c2ccc(-c3c(F)c(F)c(F)c(F)c3F)s2)C(c2ccc(-c3c(F)c(F)c(F)c(F)c3F)s2)=C1c1ccc(-c2c(F)c(F)c(F)c(F)c2F)s1. The quantitative estimate of drug-likeness (QED) is 0.0842. The Balaban J connectivity index is 1.36. The van der Waals surface area contributed by atoms with Crippen LogP contribution in [0.1, 0.15) is 19.5 Å². The summed E-state index contributed by atoms with van der Waals surface area (Å²) in [6, 6.07) is 6.71. The molecule has 0 amide bonds.